The Morgan fingerprint density at radius 1 is 1.28 bits per heavy atom. The Hall–Kier alpha value is -1.61. The summed E-state index contributed by atoms with van der Waals surface area (Å²) in [5.41, 5.74) is 1.20. The van der Waals surface area contributed by atoms with Crippen LogP contribution in [-0.2, 0) is 16.1 Å². The van der Waals surface area contributed by atoms with E-state index in [1.165, 1.54) is 5.56 Å². The van der Waals surface area contributed by atoms with Gasteiger partial charge in [-0.3, -0.25) is 4.79 Å². The van der Waals surface area contributed by atoms with Gasteiger partial charge in [0, 0.05) is 25.2 Å². The monoisotopic (exact) mass is 243 g/mol. The van der Waals surface area contributed by atoms with Crippen LogP contribution in [-0.4, -0.2) is 29.4 Å². The zero-order chi connectivity index (χ0) is 12.4. The topological polar surface area (TPSA) is 29.5 Å². The molecular formula is C15H17NO2. The summed E-state index contributed by atoms with van der Waals surface area (Å²) in [5.74, 6) is 0.236. The van der Waals surface area contributed by atoms with E-state index in [9.17, 15) is 4.79 Å². The SMILES string of the molecule is O=C1C=CN2C[C@H](OCc3ccccc3)C[C@H]2C1. The fraction of sp³-hybridized carbons (Fsp3) is 0.400. The highest BCUT2D eigenvalue weighted by Gasteiger charge is 2.33. The molecule has 0 saturated carbocycles. The number of nitrogens with zero attached hydrogens (tertiary/aromatic N) is 1. The average molecular weight is 243 g/mol. The van der Waals surface area contributed by atoms with Gasteiger partial charge in [-0.1, -0.05) is 30.3 Å². The first-order valence-corrected chi connectivity index (χ1v) is 6.43. The van der Waals surface area contributed by atoms with Gasteiger partial charge in [0.2, 0.25) is 0 Å². The van der Waals surface area contributed by atoms with E-state index in [4.69, 9.17) is 4.74 Å². The fourth-order valence-electron chi connectivity index (χ4n) is 2.67. The maximum Gasteiger partial charge on any atom is 0.159 e. The number of ether oxygens (including phenoxy) is 1. The highest BCUT2D eigenvalue weighted by atomic mass is 16.5. The molecule has 1 fully saturated rings. The summed E-state index contributed by atoms with van der Waals surface area (Å²) in [6.45, 7) is 1.56. The molecule has 2 heterocycles. The number of hydrogen-bond donors (Lipinski definition) is 0. The lowest BCUT2D eigenvalue weighted by molar-refractivity contribution is -0.116. The Morgan fingerprint density at radius 3 is 2.94 bits per heavy atom. The summed E-state index contributed by atoms with van der Waals surface area (Å²) in [5, 5.41) is 0. The maximum atomic E-state index is 11.3. The first kappa shape index (κ1) is 11.5. The Morgan fingerprint density at radius 2 is 2.11 bits per heavy atom. The van der Waals surface area contributed by atoms with Crippen LogP contribution in [0.1, 0.15) is 18.4 Å². The zero-order valence-electron chi connectivity index (χ0n) is 10.3. The summed E-state index contributed by atoms with van der Waals surface area (Å²) >= 11 is 0. The number of ketones is 1. The molecule has 1 aromatic rings. The standard InChI is InChI=1S/C15H17NO2/c17-14-6-7-16-10-15(9-13(16)8-14)18-11-12-4-2-1-3-5-12/h1-7,13,15H,8-11H2/t13-,15-/m1/s1. The second kappa shape index (κ2) is 4.94. The first-order valence-electron chi connectivity index (χ1n) is 6.43. The van der Waals surface area contributed by atoms with Crippen molar-refractivity contribution in [2.75, 3.05) is 6.54 Å². The molecule has 2 aliphatic heterocycles. The van der Waals surface area contributed by atoms with Gasteiger partial charge in [0.25, 0.3) is 0 Å². The van der Waals surface area contributed by atoms with E-state index >= 15 is 0 Å². The first-order chi connectivity index (χ1) is 8.81. The van der Waals surface area contributed by atoms with Gasteiger partial charge in [0.15, 0.2) is 5.78 Å². The van der Waals surface area contributed by atoms with Crippen molar-refractivity contribution in [2.45, 2.75) is 31.6 Å². The van der Waals surface area contributed by atoms with E-state index in [1.807, 2.05) is 24.4 Å². The number of rotatable bonds is 3. The number of allylic oxidation sites excluding steroid dienone is 1. The Bertz CT molecular complexity index is 455. The van der Waals surface area contributed by atoms with Gasteiger partial charge >= 0.3 is 0 Å². The molecule has 0 amide bonds. The van der Waals surface area contributed by atoms with Crippen molar-refractivity contribution < 1.29 is 9.53 Å². The van der Waals surface area contributed by atoms with E-state index in [0.29, 0.717) is 19.1 Å². The Balaban J connectivity index is 1.54. The van der Waals surface area contributed by atoms with E-state index in [2.05, 4.69) is 17.0 Å². The zero-order valence-corrected chi connectivity index (χ0v) is 10.3. The average Bonchev–Trinajstić information content (AvgIpc) is 2.79. The van der Waals surface area contributed by atoms with Crippen LogP contribution < -0.4 is 0 Å². The van der Waals surface area contributed by atoms with Crippen molar-refractivity contribution in [3.63, 3.8) is 0 Å². The summed E-state index contributed by atoms with van der Waals surface area (Å²) in [6, 6.07) is 10.6. The minimum absolute atomic E-state index is 0.236. The molecule has 3 nitrogen and oxygen atoms in total. The van der Waals surface area contributed by atoms with E-state index in [1.54, 1.807) is 6.08 Å². The van der Waals surface area contributed by atoms with Crippen LogP contribution >= 0.6 is 0 Å². The third-order valence-electron chi connectivity index (χ3n) is 3.64. The van der Waals surface area contributed by atoms with Crippen molar-refractivity contribution in [3.8, 4) is 0 Å². The van der Waals surface area contributed by atoms with Crippen molar-refractivity contribution in [3.05, 3.63) is 48.2 Å². The molecule has 0 aromatic heterocycles. The molecule has 2 aliphatic rings. The van der Waals surface area contributed by atoms with E-state index < -0.39 is 0 Å². The van der Waals surface area contributed by atoms with Crippen LogP contribution in [0.25, 0.3) is 0 Å². The third kappa shape index (κ3) is 2.46. The summed E-state index contributed by atoms with van der Waals surface area (Å²) < 4.78 is 5.93. The maximum absolute atomic E-state index is 11.3. The molecule has 0 aliphatic carbocycles. The van der Waals surface area contributed by atoms with Crippen LogP contribution in [0.2, 0.25) is 0 Å². The lowest BCUT2D eigenvalue weighted by Gasteiger charge is -2.24. The Kier molecular flexibility index (Phi) is 3.15. The van der Waals surface area contributed by atoms with Crippen molar-refractivity contribution in [2.24, 2.45) is 0 Å². The molecule has 0 radical (unpaired) electrons. The quantitative estimate of drug-likeness (QED) is 0.814. The molecule has 0 unspecified atom stereocenters. The molecular weight excluding hydrogens is 226 g/mol. The molecule has 94 valence electrons. The van der Waals surface area contributed by atoms with Crippen LogP contribution in [0.15, 0.2) is 42.6 Å². The highest BCUT2D eigenvalue weighted by molar-refractivity contribution is 5.90. The van der Waals surface area contributed by atoms with Crippen molar-refractivity contribution in [1.82, 2.24) is 4.90 Å². The minimum atomic E-state index is 0.236. The lowest BCUT2D eigenvalue weighted by atomic mass is 10.1. The molecule has 0 bridgehead atoms. The predicted octanol–water partition coefficient (Wildman–Crippen LogP) is 2.13. The lowest BCUT2D eigenvalue weighted by Crippen LogP contribution is -2.30. The number of carbonyl (C=O) groups excluding carboxylic acids is 1. The van der Waals surface area contributed by atoms with Gasteiger partial charge < -0.3 is 9.64 Å². The van der Waals surface area contributed by atoms with Gasteiger partial charge in [-0.2, -0.15) is 0 Å². The number of carbonyl (C=O) groups is 1. The van der Waals surface area contributed by atoms with E-state index in [-0.39, 0.29) is 11.9 Å². The molecule has 18 heavy (non-hydrogen) atoms. The molecule has 0 N–H and O–H groups in total. The molecule has 1 saturated heterocycles. The van der Waals surface area contributed by atoms with Gasteiger partial charge in [-0.05, 0) is 18.1 Å². The third-order valence-corrected chi connectivity index (χ3v) is 3.64. The normalized spacial score (nSPS) is 26.4. The fourth-order valence-corrected chi connectivity index (χ4v) is 2.67. The van der Waals surface area contributed by atoms with Gasteiger partial charge in [0.1, 0.15) is 0 Å². The van der Waals surface area contributed by atoms with E-state index in [0.717, 1.165) is 13.0 Å². The molecule has 2 atom stereocenters. The largest absolute Gasteiger partial charge is 0.372 e. The number of hydrogen-bond acceptors (Lipinski definition) is 3. The minimum Gasteiger partial charge on any atom is -0.372 e. The summed E-state index contributed by atoms with van der Waals surface area (Å²) in [7, 11) is 0. The predicted molar refractivity (Wildman–Crippen MR) is 68.9 cm³/mol. The molecule has 3 rings (SSSR count). The van der Waals surface area contributed by atoms with Crippen LogP contribution in [0.5, 0.6) is 0 Å². The van der Waals surface area contributed by atoms with Gasteiger partial charge in [-0.25, -0.2) is 0 Å². The van der Waals surface area contributed by atoms with Crippen LogP contribution in [0.3, 0.4) is 0 Å². The summed E-state index contributed by atoms with van der Waals surface area (Å²) in [6.07, 6.45) is 5.44. The molecule has 0 spiro atoms. The van der Waals surface area contributed by atoms with Crippen LogP contribution in [0.4, 0.5) is 0 Å². The molecule has 3 heteroatoms. The Labute approximate surface area is 107 Å². The summed E-state index contributed by atoms with van der Waals surface area (Å²) in [4.78, 5) is 13.6. The number of fused-ring (bicyclic) bond motifs is 1. The highest BCUT2D eigenvalue weighted by Crippen LogP contribution is 2.26. The van der Waals surface area contributed by atoms with Gasteiger partial charge in [-0.15, -0.1) is 0 Å². The van der Waals surface area contributed by atoms with Gasteiger partial charge in [0.05, 0.1) is 12.7 Å². The number of benzene rings is 1. The second-order valence-corrected chi connectivity index (χ2v) is 4.99. The van der Waals surface area contributed by atoms with Crippen LogP contribution in [0, 0.1) is 0 Å². The van der Waals surface area contributed by atoms with Crippen molar-refractivity contribution in [1.29, 1.82) is 0 Å². The molecule has 1 aromatic carbocycles. The smallest absolute Gasteiger partial charge is 0.159 e. The second-order valence-electron chi connectivity index (χ2n) is 4.99. The van der Waals surface area contributed by atoms with Crippen molar-refractivity contribution >= 4 is 5.78 Å².